The zero-order valence-corrected chi connectivity index (χ0v) is 2.57. The van der Waals surface area contributed by atoms with Gasteiger partial charge in [-0.1, -0.05) is 0 Å². The van der Waals surface area contributed by atoms with E-state index in [1.165, 1.54) is 11.8 Å². The molecule has 2 aliphatic rings. The lowest BCUT2D eigenvalue weighted by Crippen LogP contribution is -1.47. The summed E-state index contributed by atoms with van der Waals surface area (Å²) < 4.78 is 0. The van der Waals surface area contributed by atoms with Crippen molar-refractivity contribution in [1.29, 1.82) is 0 Å². The highest BCUT2D eigenvalue weighted by molar-refractivity contribution is 5.02. The van der Waals surface area contributed by atoms with Gasteiger partial charge >= 0.3 is 0 Å². The highest BCUT2D eigenvalue weighted by Gasteiger charge is 2.52. The molecule has 0 nitrogen and oxygen atoms in total. The smallest absolute Gasteiger partial charge is 0.0380 e. The van der Waals surface area contributed by atoms with Crippen molar-refractivity contribution < 1.29 is 0 Å². The SMILES string of the molecule is C1[C@H]2C[C@@H]12. The Kier molecular flexibility index (Phi) is 0.0675. The highest BCUT2D eigenvalue weighted by atomic mass is 14.6. The summed E-state index contributed by atoms with van der Waals surface area (Å²) in [5.74, 6) is 2.50. The van der Waals surface area contributed by atoms with Gasteiger partial charge in [-0.15, -0.1) is 0 Å². The minimum Gasteiger partial charge on any atom is -0.0470 e. The van der Waals surface area contributed by atoms with Crippen molar-refractivity contribution in [3.63, 3.8) is 0 Å². The Bertz CT molecular complexity index is 36.0. The molecule has 0 saturated heterocycles. The topological polar surface area (TPSA) is 0 Å². The van der Waals surface area contributed by atoms with Crippen LogP contribution in [-0.2, 0) is 0 Å². The standard InChI is InChI=1S/C4H6/c1-3-2-4(1)3/h3-4H,1-2H2/t3-,4+. The van der Waals surface area contributed by atoms with E-state index in [0.29, 0.717) is 0 Å². The number of fused-ring (bicyclic) bond motifs is 1. The zero-order chi connectivity index (χ0) is 2.57. The van der Waals surface area contributed by atoms with E-state index in [2.05, 4.69) is 0 Å². The molecule has 0 N–H and O–H groups in total. The van der Waals surface area contributed by atoms with E-state index in [1.807, 2.05) is 0 Å². The van der Waals surface area contributed by atoms with Crippen LogP contribution in [0.4, 0.5) is 0 Å². The molecule has 0 spiro atoms. The Morgan fingerprint density at radius 1 is 1.00 bits per heavy atom. The lowest BCUT2D eigenvalue weighted by Gasteiger charge is -1.60. The van der Waals surface area contributed by atoms with Crippen molar-refractivity contribution >= 4 is 0 Å². The molecule has 0 atom stereocenters. The second-order valence-electron chi connectivity index (χ2n) is 1.99. The molecule has 0 bridgehead atoms. The molecule has 2 rings (SSSR count). The normalized spacial score (nSPS) is 66.0. The fraction of sp³-hybridized carbons (Fsp3) is 1.00. The second-order valence-corrected chi connectivity index (χ2v) is 1.99. The Balaban J connectivity index is 2.48. The van der Waals surface area contributed by atoms with E-state index >= 15 is 0 Å². The average molecular weight is 54.1 g/mol. The zero-order valence-electron chi connectivity index (χ0n) is 2.57. The van der Waals surface area contributed by atoms with Crippen LogP contribution in [0.3, 0.4) is 0 Å². The van der Waals surface area contributed by atoms with Gasteiger partial charge in [-0.25, -0.2) is 0 Å². The molecular weight excluding hydrogens is 48.0 g/mol. The predicted octanol–water partition coefficient (Wildman–Crippen LogP) is 1.03. The van der Waals surface area contributed by atoms with E-state index in [1.54, 1.807) is 12.8 Å². The van der Waals surface area contributed by atoms with Crippen LogP contribution < -0.4 is 0 Å². The molecule has 0 aromatic heterocycles. The lowest BCUT2D eigenvalue weighted by molar-refractivity contribution is 0.915. The van der Waals surface area contributed by atoms with Gasteiger partial charge in [-0.3, -0.25) is 0 Å². The third kappa shape index (κ3) is 0.0312. The van der Waals surface area contributed by atoms with Gasteiger partial charge in [0.05, 0.1) is 0 Å². The minimum absolute atomic E-state index is 1.25. The van der Waals surface area contributed by atoms with Crippen molar-refractivity contribution in [2.45, 2.75) is 12.8 Å². The van der Waals surface area contributed by atoms with E-state index in [9.17, 15) is 0 Å². The van der Waals surface area contributed by atoms with E-state index in [0.717, 1.165) is 0 Å². The molecule has 0 heterocycles. The number of rotatable bonds is 0. The molecule has 0 unspecified atom stereocenters. The molecule has 0 amide bonds. The van der Waals surface area contributed by atoms with Crippen molar-refractivity contribution in [3.05, 3.63) is 0 Å². The van der Waals surface area contributed by atoms with Crippen LogP contribution in [0.2, 0.25) is 0 Å². The molecule has 0 aromatic carbocycles. The first-order valence-electron chi connectivity index (χ1n) is 1.97. The Morgan fingerprint density at radius 2 is 1.25 bits per heavy atom. The first kappa shape index (κ1) is 1.44. The molecule has 4 heavy (non-hydrogen) atoms. The summed E-state index contributed by atoms with van der Waals surface area (Å²) in [6.45, 7) is 0. The average Bonchev–Trinajstić information content (AvgIpc) is 1.36. The number of hydrogen-bond acceptors (Lipinski definition) is 0. The third-order valence-electron chi connectivity index (χ3n) is 1.47. The molecule has 2 saturated carbocycles. The van der Waals surface area contributed by atoms with Crippen molar-refractivity contribution in [3.8, 4) is 0 Å². The summed E-state index contributed by atoms with van der Waals surface area (Å²) in [5.41, 5.74) is 0. The van der Waals surface area contributed by atoms with E-state index in [4.69, 9.17) is 0 Å². The van der Waals surface area contributed by atoms with Crippen LogP contribution >= 0.6 is 0 Å². The third-order valence-corrected chi connectivity index (χ3v) is 1.47. The number of hydrogen-bond donors (Lipinski definition) is 0. The van der Waals surface area contributed by atoms with E-state index in [-0.39, 0.29) is 0 Å². The first-order valence-corrected chi connectivity index (χ1v) is 1.97. The quantitative estimate of drug-likeness (QED) is 0.387. The summed E-state index contributed by atoms with van der Waals surface area (Å²) in [6, 6.07) is 0. The van der Waals surface area contributed by atoms with Gasteiger partial charge in [-0.2, -0.15) is 0 Å². The van der Waals surface area contributed by atoms with E-state index < -0.39 is 0 Å². The molecule has 2 aliphatic carbocycles. The molecular formula is C4H6. The summed E-state index contributed by atoms with van der Waals surface area (Å²) in [6.07, 6.45) is 3.17. The molecule has 0 heteroatoms. The maximum absolute atomic E-state index is 1.58. The summed E-state index contributed by atoms with van der Waals surface area (Å²) >= 11 is 0. The van der Waals surface area contributed by atoms with Gasteiger partial charge in [-0.05, 0) is 24.7 Å². The Morgan fingerprint density at radius 3 is 1.25 bits per heavy atom. The summed E-state index contributed by atoms with van der Waals surface area (Å²) in [4.78, 5) is 0. The monoisotopic (exact) mass is 54.0 g/mol. The Labute approximate surface area is 25.8 Å². The van der Waals surface area contributed by atoms with Crippen LogP contribution in [0.25, 0.3) is 0 Å². The maximum Gasteiger partial charge on any atom is -0.0380 e. The first-order chi connectivity index (χ1) is 1.97. The van der Waals surface area contributed by atoms with Gasteiger partial charge in [0.25, 0.3) is 0 Å². The highest BCUT2D eigenvalue weighted by Crippen LogP contribution is 2.62. The molecule has 0 aromatic rings. The van der Waals surface area contributed by atoms with Crippen molar-refractivity contribution in [2.75, 3.05) is 0 Å². The molecule has 2 fully saturated rings. The fourth-order valence-electron chi connectivity index (χ4n) is 0.552. The van der Waals surface area contributed by atoms with Crippen molar-refractivity contribution in [2.24, 2.45) is 11.8 Å². The molecule has 22 valence electrons. The van der Waals surface area contributed by atoms with Crippen LogP contribution in [-0.4, -0.2) is 0 Å². The predicted molar refractivity (Wildman–Crippen MR) is 16.2 cm³/mol. The fourth-order valence-corrected chi connectivity index (χ4v) is 0.552. The minimum atomic E-state index is 1.25. The maximum atomic E-state index is 1.58. The summed E-state index contributed by atoms with van der Waals surface area (Å²) in [7, 11) is 0. The van der Waals surface area contributed by atoms with Crippen LogP contribution in [0.1, 0.15) is 12.8 Å². The van der Waals surface area contributed by atoms with Crippen molar-refractivity contribution in [1.82, 2.24) is 0 Å². The largest absolute Gasteiger partial charge is 0.0470 e. The van der Waals surface area contributed by atoms with Gasteiger partial charge < -0.3 is 0 Å². The van der Waals surface area contributed by atoms with Gasteiger partial charge in [0, 0.05) is 0 Å². The molecule has 0 aliphatic heterocycles. The second kappa shape index (κ2) is 0.188. The van der Waals surface area contributed by atoms with Gasteiger partial charge in [0.2, 0.25) is 0 Å². The van der Waals surface area contributed by atoms with Gasteiger partial charge in [0.1, 0.15) is 0 Å². The van der Waals surface area contributed by atoms with Crippen LogP contribution in [0.5, 0.6) is 0 Å². The van der Waals surface area contributed by atoms with Crippen LogP contribution in [0, 0.1) is 11.8 Å². The van der Waals surface area contributed by atoms with Gasteiger partial charge in [0.15, 0.2) is 0 Å². The Hall–Kier alpha value is 0. The molecule has 0 radical (unpaired) electrons. The lowest BCUT2D eigenvalue weighted by atomic mass is 10.5. The van der Waals surface area contributed by atoms with Crippen LogP contribution in [0.15, 0.2) is 0 Å². The summed E-state index contributed by atoms with van der Waals surface area (Å²) in [5, 5.41) is 0.